The molecule has 1 saturated heterocycles. The van der Waals surface area contributed by atoms with Crippen LogP contribution in [-0.4, -0.2) is 19.0 Å². The molecular weight excluding hydrogens is 128 g/mol. The highest BCUT2D eigenvalue weighted by Crippen LogP contribution is 2.30. The van der Waals surface area contributed by atoms with E-state index in [1.807, 2.05) is 0 Å². The standard InChI is InChI=1S/C8H12O2/c9-8-2-6-1-7(3-8)5-10-4-6/h6-7H,1-5H2. The van der Waals surface area contributed by atoms with Gasteiger partial charge in [-0.25, -0.2) is 0 Å². The Morgan fingerprint density at radius 2 is 1.80 bits per heavy atom. The van der Waals surface area contributed by atoms with E-state index in [0.717, 1.165) is 26.1 Å². The van der Waals surface area contributed by atoms with Gasteiger partial charge in [0.2, 0.25) is 0 Å². The van der Waals surface area contributed by atoms with Gasteiger partial charge in [-0.2, -0.15) is 0 Å². The third-order valence-electron chi connectivity index (χ3n) is 2.41. The molecule has 56 valence electrons. The van der Waals surface area contributed by atoms with Crippen molar-refractivity contribution in [1.82, 2.24) is 0 Å². The van der Waals surface area contributed by atoms with Crippen molar-refractivity contribution < 1.29 is 9.53 Å². The van der Waals surface area contributed by atoms with Crippen molar-refractivity contribution in [3.8, 4) is 0 Å². The SMILES string of the molecule is O=C1CC2COCC(C1)C2. The molecule has 0 amide bonds. The fraction of sp³-hybridized carbons (Fsp3) is 0.875. The Labute approximate surface area is 60.6 Å². The molecule has 10 heavy (non-hydrogen) atoms. The van der Waals surface area contributed by atoms with Crippen molar-refractivity contribution in [3.05, 3.63) is 0 Å². The summed E-state index contributed by atoms with van der Waals surface area (Å²) in [6.45, 7) is 1.64. The van der Waals surface area contributed by atoms with Crippen LogP contribution in [0, 0.1) is 11.8 Å². The first-order chi connectivity index (χ1) is 4.84. The number of fused-ring (bicyclic) bond motifs is 2. The number of Topliss-reactive ketones (excluding diaryl/α,β-unsaturated/α-hetero) is 1. The van der Waals surface area contributed by atoms with Gasteiger partial charge in [-0.05, 0) is 18.3 Å². The van der Waals surface area contributed by atoms with E-state index in [2.05, 4.69) is 0 Å². The molecule has 1 heterocycles. The van der Waals surface area contributed by atoms with Crippen molar-refractivity contribution in [3.63, 3.8) is 0 Å². The number of carbonyl (C=O) groups excluding carboxylic acids is 1. The van der Waals surface area contributed by atoms with E-state index < -0.39 is 0 Å². The van der Waals surface area contributed by atoms with Crippen LogP contribution in [0.2, 0.25) is 0 Å². The molecule has 2 fully saturated rings. The highest BCUT2D eigenvalue weighted by molar-refractivity contribution is 5.79. The minimum Gasteiger partial charge on any atom is -0.381 e. The lowest BCUT2D eigenvalue weighted by molar-refractivity contribution is -0.128. The molecule has 2 aliphatic rings. The number of hydrogen-bond acceptors (Lipinski definition) is 2. The highest BCUT2D eigenvalue weighted by Gasteiger charge is 2.30. The predicted molar refractivity (Wildman–Crippen MR) is 36.7 cm³/mol. The molecule has 1 aliphatic heterocycles. The summed E-state index contributed by atoms with van der Waals surface area (Å²) in [6.07, 6.45) is 2.78. The van der Waals surface area contributed by atoms with Crippen LogP contribution in [0.3, 0.4) is 0 Å². The third kappa shape index (κ3) is 1.08. The molecule has 2 heteroatoms. The van der Waals surface area contributed by atoms with E-state index in [0.29, 0.717) is 17.6 Å². The van der Waals surface area contributed by atoms with E-state index in [4.69, 9.17) is 4.74 Å². The predicted octanol–water partition coefficient (Wildman–Crippen LogP) is 1.00. The van der Waals surface area contributed by atoms with Crippen molar-refractivity contribution in [2.24, 2.45) is 11.8 Å². The number of ether oxygens (including phenoxy) is 1. The normalized spacial score (nSPS) is 39.8. The van der Waals surface area contributed by atoms with E-state index in [9.17, 15) is 4.79 Å². The van der Waals surface area contributed by atoms with Gasteiger partial charge in [0.1, 0.15) is 5.78 Å². The van der Waals surface area contributed by atoms with Crippen LogP contribution in [0.5, 0.6) is 0 Å². The number of carbonyl (C=O) groups is 1. The second kappa shape index (κ2) is 2.35. The maximum Gasteiger partial charge on any atom is 0.133 e. The van der Waals surface area contributed by atoms with Crippen molar-refractivity contribution in [2.45, 2.75) is 19.3 Å². The minimum absolute atomic E-state index is 0.449. The lowest BCUT2D eigenvalue weighted by atomic mass is 9.80. The molecule has 1 aliphatic carbocycles. The second-order valence-electron chi connectivity index (χ2n) is 3.45. The fourth-order valence-electron chi connectivity index (χ4n) is 2.02. The van der Waals surface area contributed by atoms with Crippen LogP contribution >= 0.6 is 0 Å². The molecule has 2 unspecified atom stereocenters. The van der Waals surface area contributed by atoms with E-state index in [1.165, 1.54) is 6.42 Å². The first-order valence-electron chi connectivity index (χ1n) is 3.94. The molecule has 2 nitrogen and oxygen atoms in total. The average Bonchev–Trinajstić information content (AvgIpc) is 1.85. The zero-order valence-corrected chi connectivity index (χ0v) is 6.01. The first-order valence-corrected chi connectivity index (χ1v) is 3.94. The molecule has 2 rings (SSSR count). The van der Waals surface area contributed by atoms with Crippen LogP contribution in [0.1, 0.15) is 19.3 Å². The van der Waals surface area contributed by atoms with Gasteiger partial charge in [0, 0.05) is 26.1 Å². The molecule has 0 radical (unpaired) electrons. The maximum atomic E-state index is 11.0. The fourth-order valence-corrected chi connectivity index (χ4v) is 2.02. The van der Waals surface area contributed by atoms with Gasteiger partial charge in [-0.15, -0.1) is 0 Å². The van der Waals surface area contributed by atoms with Crippen LogP contribution in [-0.2, 0) is 9.53 Å². The Balaban J connectivity index is 2.05. The zero-order chi connectivity index (χ0) is 6.97. The van der Waals surface area contributed by atoms with Gasteiger partial charge in [0.15, 0.2) is 0 Å². The number of ketones is 1. The first kappa shape index (κ1) is 6.35. The third-order valence-corrected chi connectivity index (χ3v) is 2.41. The van der Waals surface area contributed by atoms with Crippen molar-refractivity contribution in [2.75, 3.05) is 13.2 Å². The number of rotatable bonds is 0. The zero-order valence-electron chi connectivity index (χ0n) is 6.01. The summed E-state index contributed by atoms with van der Waals surface area (Å²) in [4.78, 5) is 11.0. The summed E-state index contributed by atoms with van der Waals surface area (Å²) in [7, 11) is 0. The molecule has 2 atom stereocenters. The van der Waals surface area contributed by atoms with Crippen molar-refractivity contribution in [1.29, 1.82) is 0 Å². The summed E-state index contributed by atoms with van der Waals surface area (Å²) in [5.74, 6) is 1.56. The molecule has 2 bridgehead atoms. The summed E-state index contributed by atoms with van der Waals surface area (Å²) in [5.41, 5.74) is 0. The van der Waals surface area contributed by atoms with Crippen molar-refractivity contribution >= 4 is 5.78 Å². The van der Waals surface area contributed by atoms with E-state index in [-0.39, 0.29) is 0 Å². The molecule has 1 saturated carbocycles. The molecular formula is C8H12O2. The van der Waals surface area contributed by atoms with Crippen LogP contribution in [0.4, 0.5) is 0 Å². The van der Waals surface area contributed by atoms with Crippen LogP contribution in [0.15, 0.2) is 0 Å². The molecule has 0 aromatic carbocycles. The Kier molecular flexibility index (Phi) is 1.49. The van der Waals surface area contributed by atoms with Gasteiger partial charge >= 0.3 is 0 Å². The van der Waals surface area contributed by atoms with Gasteiger partial charge in [0.25, 0.3) is 0 Å². The average molecular weight is 140 g/mol. The lowest BCUT2D eigenvalue weighted by Gasteiger charge is -2.32. The highest BCUT2D eigenvalue weighted by atomic mass is 16.5. The molecule has 0 spiro atoms. The Bertz CT molecular complexity index is 139. The number of hydrogen-bond donors (Lipinski definition) is 0. The molecule has 0 N–H and O–H groups in total. The van der Waals surface area contributed by atoms with Gasteiger partial charge in [0.05, 0.1) is 0 Å². The smallest absolute Gasteiger partial charge is 0.133 e. The Morgan fingerprint density at radius 3 is 2.40 bits per heavy atom. The molecule has 0 aromatic heterocycles. The summed E-state index contributed by atoms with van der Waals surface area (Å²) in [5, 5.41) is 0. The summed E-state index contributed by atoms with van der Waals surface area (Å²) >= 11 is 0. The van der Waals surface area contributed by atoms with Gasteiger partial charge in [-0.1, -0.05) is 0 Å². The van der Waals surface area contributed by atoms with E-state index >= 15 is 0 Å². The summed E-state index contributed by atoms with van der Waals surface area (Å²) < 4.78 is 5.33. The van der Waals surface area contributed by atoms with Gasteiger partial charge < -0.3 is 4.74 Å². The largest absolute Gasteiger partial charge is 0.381 e. The monoisotopic (exact) mass is 140 g/mol. The quantitative estimate of drug-likeness (QED) is 0.501. The topological polar surface area (TPSA) is 26.3 Å². The van der Waals surface area contributed by atoms with Crippen LogP contribution < -0.4 is 0 Å². The minimum atomic E-state index is 0.449. The molecule has 0 aromatic rings. The Morgan fingerprint density at radius 1 is 1.20 bits per heavy atom. The van der Waals surface area contributed by atoms with Crippen LogP contribution in [0.25, 0.3) is 0 Å². The Hall–Kier alpha value is -0.370. The van der Waals surface area contributed by atoms with E-state index in [1.54, 1.807) is 0 Å². The second-order valence-corrected chi connectivity index (χ2v) is 3.45. The van der Waals surface area contributed by atoms with Gasteiger partial charge in [-0.3, -0.25) is 4.79 Å². The summed E-state index contributed by atoms with van der Waals surface area (Å²) in [6, 6.07) is 0. The maximum absolute atomic E-state index is 11.0. The lowest BCUT2D eigenvalue weighted by Crippen LogP contribution is -2.33.